The first-order valence-corrected chi connectivity index (χ1v) is 6.79. The zero-order valence-corrected chi connectivity index (χ0v) is 11.0. The average molecular weight is 251 g/mol. The third kappa shape index (κ3) is 3.63. The van der Waals surface area contributed by atoms with E-state index in [1.165, 1.54) is 0 Å². The number of amidine groups is 1. The van der Waals surface area contributed by atoms with Crippen LogP contribution in [-0.2, 0) is 0 Å². The van der Waals surface area contributed by atoms with Crippen molar-refractivity contribution < 1.29 is 4.74 Å². The highest BCUT2D eigenvalue weighted by Crippen LogP contribution is 2.19. The Bertz CT molecular complexity index is 391. The predicted octanol–water partition coefficient (Wildman–Crippen LogP) is 2.63. The molecule has 92 valence electrons. The van der Waals surface area contributed by atoms with Crippen LogP contribution in [0, 0.1) is 5.92 Å². The van der Waals surface area contributed by atoms with Crippen molar-refractivity contribution in [3.05, 3.63) is 18.3 Å². The molecule has 2 heterocycles. The van der Waals surface area contributed by atoms with Crippen LogP contribution in [0.2, 0.25) is 0 Å². The number of nitrogens with zero attached hydrogens (tertiary/aromatic N) is 2. The maximum Gasteiger partial charge on any atom is 0.213 e. The van der Waals surface area contributed by atoms with Gasteiger partial charge in [-0.2, -0.15) is 0 Å². The predicted molar refractivity (Wildman–Crippen MR) is 73.0 cm³/mol. The molecule has 17 heavy (non-hydrogen) atoms. The van der Waals surface area contributed by atoms with Gasteiger partial charge < -0.3 is 10.1 Å². The van der Waals surface area contributed by atoms with Gasteiger partial charge in [0.1, 0.15) is 0 Å². The van der Waals surface area contributed by atoms with E-state index in [9.17, 15) is 0 Å². The Morgan fingerprint density at radius 1 is 1.53 bits per heavy atom. The molecule has 0 saturated heterocycles. The number of pyridine rings is 1. The second kappa shape index (κ2) is 5.91. The third-order valence-electron chi connectivity index (χ3n) is 2.33. The third-order valence-corrected chi connectivity index (χ3v) is 3.57. The first kappa shape index (κ1) is 12.2. The molecule has 1 aromatic heterocycles. The molecule has 0 radical (unpaired) electrons. The SMILES string of the molecule is CCOc1ccc(NC2=NCC(C)CS2)cn1. The highest BCUT2D eigenvalue weighted by molar-refractivity contribution is 8.14. The average Bonchev–Trinajstić information content (AvgIpc) is 2.35. The normalized spacial score (nSPS) is 19.6. The van der Waals surface area contributed by atoms with Crippen LogP contribution in [-0.4, -0.2) is 29.1 Å². The molecule has 0 fully saturated rings. The zero-order chi connectivity index (χ0) is 12.1. The van der Waals surface area contributed by atoms with Crippen molar-refractivity contribution >= 4 is 22.6 Å². The summed E-state index contributed by atoms with van der Waals surface area (Å²) in [4.78, 5) is 8.67. The molecular formula is C12H17N3OS. The van der Waals surface area contributed by atoms with Gasteiger partial charge in [0.2, 0.25) is 5.88 Å². The fraction of sp³-hybridized carbons (Fsp3) is 0.500. The first-order valence-electron chi connectivity index (χ1n) is 5.81. The summed E-state index contributed by atoms with van der Waals surface area (Å²) < 4.78 is 5.29. The number of anilines is 1. The van der Waals surface area contributed by atoms with E-state index in [2.05, 4.69) is 22.2 Å². The molecule has 0 amide bonds. The van der Waals surface area contributed by atoms with Crippen LogP contribution in [0.25, 0.3) is 0 Å². The van der Waals surface area contributed by atoms with Crippen molar-refractivity contribution in [2.45, 2.75) is 13.8 Å². The van der Waals surface area contributed by atoms with E-state index in [1.807, 2.05) is 19.1 Å². The lowest BCUT2D eigenvalue weighted by molar-refractivity contribution is 0.327. The summed E-state index contributed by atoms with van der Waals surface area (Å²) in [6.07, 6.45) is 1.77. The van der Waals surface area contributed by atoms with Gasteiger partial charge in [-0.25, -0.2) is 4.98 Å². The maximum atomic E-state index is 5.29. The van der Waals surface area contributed by atoms with Crippen LogP contribution in [0.15, 0.2) is 23.3 Å². The standard InChI is InChI=1S/C12H17N3OS/c1-3-16-11-5-4-10(7-13-11)15-12-14-6-9(2)8-17-12/h4-5,7,9H,3,6,8H2,1-2H3,(H,14,15). The van der Waals surface area contributed by atoms with E-state index < -0.39 is 0 Å². The van der Waals surface area contributed by atoms with Gasteiger partial charge in [0, 0.05) is 18.4 Å². The van der Waals surface area contributed by atoms with Crippen molar-refractivity contribution in [2.75, 3.05) is 24.2 Å². The minimum Gasteiger partial charge on any atom is -0.478 e. The van der Waals surface area contributed by atoms with Gasteiger partial charge in [0.15, 0.2) is 5.17 Å². The number of nitrogens with one attached hydrogen (secondary N) is 1. The van der Waals surface area contributed by atoms with Crippen molar-refractivity contribution in [2.24, 2.45) is 10.9 Å². The Morgan fingerprint density at radius 2 is 2.41 bits per heavy atom. The van der Waals surface area contributed by atoms with Crippen LogP contribution in [0.5, 0.6) is 5.88 Å². The Labute approximate surface area is 106 Å². The van der Waals surface area contributed by atoms with E-state index in [4.69, 9.17) is 4.74 Å². The van der Waals surface area contributed by atoms with Crippen molar-refractivity contribution in [1.82, 2.24) is 4.98 Å². The van der Waals surface area contributed by atoms with Gasteiger partial charge in [-0.05, 0) is 18.9 Å². The summed E-state index contributed by atoms with van der Waals surface area (Å²) in [5.41, 5.74) is 0.953. The van der Waals surface area contributed by atoms with Crippen LogP contribution < -0.4 is 10.1 Å². The van der Waals surface area contributed by atoms with Crippen LogP contribution >= 0.6 is 11.8 Å². The first-order chi connectivity index (χ1) is 8.28. The fourth-order valence-electron chi connectivity index (χ4n) is 1.44. The van der Waals surface area contributed by atoms with Gasteiger partial charge in [-0.15, -0.1) is 0 Å². The molecule has 0 aliphatic carbocycles. The van der Waals surface area contributed by atoms with Gasteiger partial charge in [-0.1, -0.05) is 18.7 Å². The number of aromatic nitrogens is 1. The zero-order valence-electron chi connectivity index (χ0n) is 10.1. The monoisotopic (exact) mass is 251 g/mol. The number of aliphatic imine (C=N–C) groups is 1. The number of thioether (sulfide) groups is 1. The van der Waals surface area contributed by atoms with Crippen LogP contribution in [0.4, 0.5) is 5.69 Å². The number of ether oxygens (including phenoxy) is 1. The van der Waals surface area contributed by atoms with E-state index >= 15 is 0 Å². The molecule has 1 aliphatic rings. The minimum atomic E-state index is 0.639. The number of rotatable bonds is 3. The molecule has 1 atom stereocenters. The summed E-state index contributed by atoms with van der Waals surface area (Å²) in [7, 11) is 0. The molecule has 5 heteroatoms. The van der Waals surface area contributed by atoms with Crippen LogP contribution in [0.1, 0.15) is 13.8 Å². The highest BCUT2D eigenvalue weighted by atomic mass is 32.2. The smallest absolute Gasteiger partial charge is 0.213 e. The molecule has 1 N–H and O–H groups in total. The maximum absolute atomic E-state index is 5.29. The summed E-state index contributed by atoms with van der Waals surface area (Å²) in [5, 5.41) is 4.25. The van der Waals surface area contributed by atoms with Crippen LogP contribution in [0.3, 0.4) is 0 Å². The summed E-state index contributed by atoms with van der Waals surface area (Å²) in [6, 6.07) is 3.82. The van der Waals surface area contributed by atoms with E-state index in [0.29, 0.717) is 18.4 Å². The van der Waals surface area contributed by atoms with Gasteiger partial charge in [-0.3, -0.25) is 4.99 Å². The molecule has 1 unspecified atom stereocenters. The lowest BCUT2D eigenvalue weighted by Gasteiger charge is -2.17. The highest BCUT2D eigenvalue weighted by Gasteiger charge is 2.12. The second-order valence-electron chi connectivity index (χ2n) is 4.01. The Balaban J connectivity index is 1.94. The Hall–Kier alpha value is -1.23. The molecule has 4 nitrogen and oxygen atoms in total. The molecule has 0 aromatic carbocycles. The summed E-state index contributed by atoms with van der Waals surface area (Å²) in [6.45, 7) is 5.70. The number of hydrogen-bond acceptors (Lipinski definition) is 5. The van der Waals surface area contributed by atoms with Crippen molar-refractivity contribution in [3.8, 4) is 5.88 Å². The molecule has 2 rings (SSSR count). The minimum absolute atomic E-state index is 0.639. The lowest BCUT2D eigenvalue weighted by atomic mass is 10.2. The van der Waals surface area contributed by atoms with Crippen molar-refractivity contribution in [1.29, 1.82) is 0 Å². The van der Waals surface area contributed by atoms with Gasteiger partial charge in [0.25, 0.3) is 0 Å². The molecule has 0 bridgehead atoms. The Morgan fingerprint density at radius 3 is 3.00 bits per heavy atom. The van der Waals surface area contributed by atoms with Gasteiger partial charge in [0.05, 0.1) is 18.5 Å². The largest absolute Gasteiger partial charge is 0.478 e. The Kier molecular flexibility index (Phi) is 4.25. The molecule has 0 saturated carbocycles. The lowest BCUT2D eigenvalue weighted by Crippen LogP contribution is -2.18. The molecule has 1 aliphatic heterocycles. The number of hydrogen-bond donors (Lipinski definition) is 1. The van der Waals surface area contributed by atoms with E-state index in [0.717, 1.165) is 23.2 Å². The van der Waals surface area contributed by atoms with E-state index in [-0.39, 0.29) is 0 Å². The topological polar surface area (TPSA) is 46.5 Å². The van der Waals surface area contributed by atoms with Gasteiger partial charge >= 0.3 is 0 Å². The molecule has 0 spiro atoms. The fourth-order valence-corrected chi connectivity index (χ4v) is 2.35. The molecule has 1 aromatic rings. The summed E-state index contributed by atoms with van der Waals surface area (Å²) >= 11 is 1.76. The van der Waals surface area contributed by atoms with Crippen molar-refractivity contribution in [3.63, 3.8) is 0 Å². The summed E-state index contributed by atoms with van der Waals surface area (Å²) in [5.74, 6) is 2.45. The quantitative estimate of drug-likeness (QED) is 0.897. The van der Waals surface area contributed by atoms with E-state index in [1.54, 1.807) is 18.0 Å². The second-order valence-corrected chi connectivity index (χ2v) is 5.01. The molecular weight excluding hydrogens is 234 g/mol.